The molecule has 0 saturated carbocycles. The van der Waals surface area contributed by atoms with Crippen molar-refractivity contribution in [2.45, 2.75) is 18.8 Å². The van der Waals surface area contributed by atoms with Gasteiger partial charge in [-0.1, -0.05) is 5.16 Å². The molecular formula is C17H16N2O3S. The van der Waals surface area contributed by atoms with Gasteiger partial charge in [0.2, 0.25) is 5.76 Å². The monoisotopic (exact) mass is 328 g/mol. The van der Waals surface area contributed by atoms with Crippen LogP contribution in [0.4, 0.5) is 0 Å². The second kappa shape index (κ2) is 6.04. The Morgan fingerprint density at radius 2 is 2.13 bits per heavy atom. The molecule has 3 aromatic rings. The Morgan fingerprint density at radius 1 is 1.26 bits per heavy atom. The molecule has 1 saturated heterocycles. The maximum atomic E-state index is 12.6. The van der Waals surface area contributed by atoms with E-state index in [1.807, 2.05) is 4.90 Å². The summed E-state index contributed by atoms with van der Waals surface area (Å²) in [7, 11) is 0. The highest BCUT2D eigenvalue weighted by molar-refractivity contribution is 7.07. The Labute approximate surface area is 137 Å². The standard InChI is InChI=1S/C17H16N2O3S/c20-17(14-10-16(22-18-14)15-2-1-8-21-15)19-6-3-12(4-7-19)13-5-9-23-11-13/h1-2,5,8-12H,3-4,6-7H2. The lowest BCUT2D eigenvalue weighted by Crippen LogP contribution is -2.38. The van der Waals surface area contributed by atoms with E-state index in [9.17, 15) is 4.79 Å². The predicted octanol–water partition coefficient (Wildman–Crippen LogP) is 4.02. The molecule has 4 rings (SSSR count). The third-order valence-corrected chi connectivity index (χ3v) is 4.99. The summed E-state index contributed by atoms with van der Waals surface area (Å²) in [5.74, 6) is 1.54. The van der Waals surface area contributed by atoms with Crippen molar-refractivity contribution in [1.82, 2.24) is 10.1 Å². The van der Waals surface area contributed by atoms with Gasteiger partial charge in [0.25, 0.3) is 5.91 Å². The molecular weight excluding hydrogens is 312 g/mol. The average Bonchev–Trinajstić information content (AvgIpc) is 3.36. The molecule has 0 atom stereocenters. The number of carbonyl (C=O) groups is 1. The number of piperidine rings is 1. The SMILES string of the molecule is O=C(c1cc(-c2ccco2)on1)N1CCC(c2ccsc2)CC1. The number of amides is 1. The fourth-order valence-corrected chi connectivity index (χ4v) is 3.74. The van der Waals surface area contributed by atoms with E-state index in [2.05, 4.69) is 22.0 Å². The zero-order valence-corrected chi connectivity index (χ0v) is 13.3. The van der Waals surface area contributed by atoms with Crippen LogP contribution in [0.5, 0.6) is 0 Å². The zero-order chi connectivity index (χ0) is 15.6. The van der Waals surface area contributed by atoms with E-state index in [4.69, 9.17) is 8.94 Å². The minimum atomic E-state index is -0.0738. The van der Waals surface area contributed by atoms with Gasteiger partial charge in [0, 0.05) is 19.2 Å². The molecule has 23 heavy (non-hydrogen) atoms. The number of carbonyl (C=O) groups excluding carboxylic acids is 1. The third-order valence-electron chi connectivity index (χ3n) is 4.29. The molecule has 0 aromatic carbocycles. The lowest BCUT2D eigenvalue weighted by atomic mass is 9.91. The van der Waals surface area contributed by atoms with Crippen LogP contribution in [0.2, 0.25) is 0 Å². The topological polar surface area (TPSA) is 59.5 Å². The largest absolute Gasteiger partial charge is 0.461 e. The van der Waals surface area contributed by atoms with E-state index in [1.165, 1.54) is 5.56 Å². The summed E-state index contributed by atoms with van der Waals surface area (Å²) in [6.07, 6.45) is 3.55. The molecule has 1 aliphatic rings. The van der Waals surface area contributed by atoms with Gasteiger partial charge in [0.1, 0.15) is 0 Å². The van der Waals surface area contributed by atoms with Gasteiger partial charge in [-0.2, -0.15) is 11.3 Å². The molecule has 0 radical (unpaired) electrons. The minimum Gasteiger partial charge on any atom is -0.461 e. The van der Waals surface area contributed by atoms with Gasteiger partial charge in [-0.15, -0.1) is 0 Å². The summed E-state index contributed by atoms with van der Waals surface area (Å²) >= 11 is 1.73. The van der Waals surface area contributed by atoms with Crippen molar-refractivity contribution in [3.05, 3.63) is 52.5 Å². The quantitative estimate of drug-likeness (QED) is 0.729. The lowest BCUT2D eigenvalue weighted by Gasteiger charge is -2.31. The lowest BCUT2D eigenvalue weighted by molar-refractivity contribution is 0.0702. The Balaban J connectivity index is 1.42. The molecule has 0 unspecified atom stereocenters. The first-order chi connectivity index (χ1) is 11.3. The Bertz CT molecular complexity index is 769. The van der Waals surface area contributed by atoms with Gasteiger partial charge in [0.05, 0.1) is 6.26 Å². The van der Waals surface area contributed by atoms with Crippen LogP contribution < -0.4 is 0 Å². The summed E-state index contributed by atoms with van der Waals surface area (Å²) in [6.45, 7) is 1.50. The minimum absolute atomic E-state index is 0.0738. The normalized spacial score (nSPS) is 15.9. The van der Waals surface area contributed by atoms with Crippen LogP contribution in [-0.4, -0.2) is 29.1 Å². The zero-order valence-electron chi connectivity index (χ0n) is 12.5. The molecule has 0 aliphatic carbocycles. The van der Waals surface area contributed by atoms with Crippen LogP contribution in [0.3, 0.4) is 0 Å². The summed E-state index contributed by atoms with van der Waals surface area (Å²) in [6, 6.07) is 7.38. The number of rotatable bonds is 3. The molecule has 3 aromatic heterocycles. The molecule has 4 heterocycles. The van der Waals surface area contributed by atoms with E-state index >= 15 is 0 Å². The maximum Gasteiger partial charge on any atom is 0.276 e. The van der Waals surface area contributed by atoms with E-state index in [1.54, 1.807) is 35.8 Å². The molecule has 0 spiro atoms. The molecule has 0 N–H and O–H groups in total. The number of thiophene rings is 1. The van der Waals surface area contributed by atoms with Gasteiger partial charge >= 0.3 is 0 Å². The third kappa shape index (κ3) is 2.82. The molecule has 6 heteroatoms. The van der Waals surface area contributed by atoms with Gasteiger partial charge in [-0.05, 0) is 53.3 Å². The van der Waals surface area contributed by atoms with Crippen LogP contribution >= 0.6 is 11.3 Å². The first kappa shape index (κ1) is 14.3. The molecule has 5 nitrogen and oxygen atoms in total. The van der Waals surface area contributed by atoms with Gasteiger partial charge in [-0.25, -0.2) is 0 Å². The van der Waals surface area contributed by atoms with Crippen LogP contribution in [0.1, 0.15) is 34.8 Å². The second-order valence-electron chi connectivity index (χ2n) is 5.68. The number of aromatic nitrogens is 1. The highest BCUT2D eigenvalue weighted by Crippen LogP contribution is 2.30. The average molecular weight is 328 g/mol. The van der Waals surface area contributed by atoms with E-state index in [0.717, 1.165) is 25.9 Å². The fraction of sp³-hybridized carbons (Fsp3) is 0.294. The van der Waals surface area contributed by atoms with Gasteiger partial charge < -0.3 is 13.8 Å². The van der Waals surface area contributed by atoms with Crippen molar-refractivity contribution in [1.29, 1.82) is 0 Å². The van der Waals surface area contributed by atoms with Crippen LogP contribution in [0.15, 0.2) is 50.2 Å². The summed E-state index contributed by atoms with van der Waals surface area (Å²) in [5.41, 5.74) is 1.73. The van der Waals surface area contributed by atoms with Crippen molar-refractivity contribution in [3.63, 3.8) is 0 Å². The second-order valence-corrected chi connectivity index (χ2v) is 6.46. The van der Waals surface area contributed by atoms with E-state index in [0.29, 0.717) is 23.1 Å². The summed E-state index contributed by atoms with van der Waals surface area (Å²) in [4.78, 5) is 14.4. The van der Waals surface area contributed by atoms with Crippen molar-refractivity contribution in [2.24, 2.45) is 0 Å². The molecule has 0 bridgehead atoms. The first-order valence-corrected chi connectivity index (χ1v) is 8.57. The maximum absolute atomic E-state index is 12.6. The van der Waals surface area contributed by atoms with Gasteiger partial charge in [-0.3, -0.25) is 4.79 Å². The number of likely N-dealkylation sites (tertiary alicyclic amines) is 1. The first-order valence-electron chi connectivity index (χ1n) is 7.63. The summed E-state index contributed by atoms with van der Waals surface area (Å²) in [5, 5.41) is 8.20. The smallest absolute Gasteiger partial charge is 0.276 e. The number of hydrogen-bond acceptors (Lipinski definition) is 5. The Morgan fingerprint density at radius 3 is 2.83 bits per heavy atom. The molecule has 118 valence electrons. The Kier molecular flexibility index (Phi) is 3.75. The number of nitrogens with zero attached hydrogens (tertiary/aromatic N) is 2. The Hall–Kier alpha value is -2.34. The van der Waals surface area contributed by atoms with Crippen molar-refractivity contribution in [2.75, 3.05) is 13.1 Å². The van der Waals surface area contributed by atoms with Crippen molar-refractivity contribution < 1.29 is 13.7 Å². The highest BCUT2D eigenvalue weighted by Gasteiger charge is 2.26. The fourth-order valence-electron chi connectivity index (χ4n) is 3.00. The summed E-state index contributed by atoms with van der Waals surface area (Å²) < 4.78 is 10.5. The van der Waals surface area contributed by atoms with Crippen molar-refractivity contribution >= 4 is 17.2 Å². The van der Waals surface area contributed by atoms with E-state index < -0.39 is 0 Å². The number of furan rings is 1. The van der Waals surface area contributed by atoms with Crippen LogP contribution in [0.25, 0.3) is 11.5 Å². The predicted molar refractivity (Wildman–Crippen MR) is 86.4 cm³/mol. The van der Waals surface area contributed by atoms with Gasteiger partial charge in [0.15, 0.2) is 11.5 Å². The number of hydrogen-bond donors (Lipinski definition) is 0. The van der Waals surface area contributed by atoms with Crippen LogP contribution in [-0.2, 0) is 0 Å². The van der Waals surface area contributed by atoms with Crippen LogP contribution in [0, 0.1) is 0 Å². The van der Waals surface area contributed by atoms with E-state index in [-0.39, 0.29) is 5.91 Å². The highest BCUT2D eigenvalue weighted by atomic mass is 32.1. The molecule has 1 amide bonds. The molecule has 1 fully saturated rings. The van der Waals surface area contributed by atoms with Crippen molar-refractivity contribution in [3.8, 4) is 11.5 Å². The molecule has 1 aliphatic heterocycles.